The summed E-state index contributed by atoms with van der Waals surface area (Å²) in [5.74, 6) is 0.578. The fraction of sp³-hybridized carbons (Fsp3) is 0.250. The number of hydrogen-bond acceptors (Lipinski definition) is 3. The molecule has 0 aliphatic carbocycles. The monoisotopic (exact) mass is 349 g/mol. The Labute approximate surface area is 151 Å². The number of rotatable bonds is 5. The van der Waals surface area contributed by atoms with Gasteiger partial charge in [0.15, 0.2) is 0 Å². The molecule has 2 heterocycles. The van der Waals surface area contributed by atoms with Gasteiger partial charge in [0.25, 0.3) is 17.6 Å². The lowest BCUT2D eigenvalue weighted by molar-refractivity contribution is -0.116. The number of ketones is 1. The number of aromatic nitrogens is 1. The molecule has 1 aliphatic rings. The number of benzene rings is 1. The van der Waals surface area contributed by atoms with Crippen molar-refractivity contribution in [2.75, 3.05) is 11.9 Å². The van der Waals surface area contributed by atoms with E-state index < -0.39 is 11.7 Å². The maximum absolute atomic E-state index is 12.8. The van der Waals surface area contributed by atoms with Crippen molar-refractivity contribution in [2.45, 2.75) is 26.3 Å². The van der Waals surface area contributed by atoms with Crippen molar-refractivity contribution in [2.24, 2.45) is 0 Å². The third-order valence-corrected chi connectivity index (χ3v) is 4.44. The van der Waals surface area contributed by atoms with Crippen LogP contribution in [0.25, 0.3) is 0 Å². The molecule has 0 fully saturated rings. The maximum Gasteiger partial charge on any atom is 0.293 e. The Kier molecular flexibility index (Phi) is 4.90. The molecular weight excluding hydrogens is 330 g/mol. The molecular formula is C20H19N3O3. The number of Topliss-reactive ketones (excluding diaryl/α,β-unsaturated/α-hetero) is 1. The predicted octanol–water partition coefficient (Wildman–Crippen LogP) is 1.93. The third kappa shape index (κ3) is 3.11. The molecule has 132 valence electrons. The van der Waals surface area contributed by atoms with E-state index >= 15 is 0 Å². The van der Waals surface area contributed by atoms with E-state index in [1.807, 2.05) is 22.8 Å². The van der Waals surface area contributed by atoms with E-state index in [-0.39, 0.29) is 12.5 Å². The number of anilines is 1. The molecule has 3 rings (SSSR count). The van der Waals surface area contributed by atoms with Gasteiger partial charge < -0.3 is 15.2 Å². The van der Waals surface area contributed by atoms with Crippen LogP contribution in [0.15, 0.2) is 30.3 Å². The minimum absolute atomic E-state index is 0.0129. The second-order valence-corrected chi connectivity index (χ2v) is 6.09. The maximum atomic E-state index is 12.8. The second kappa shape index (κ2) is 7.28. The van der Waals surface area contributed by atoms with Gasteiger partial charge in [-0.3, -0.25) is 14.4 Å². The van der Waals surface area contributed by atoms with Gasteiger partial charge in [0.05, 0.1) is 12.1 Å². The van der Waals surface area contributed by atoms with E-state index in [9.17, 15) is 14.4 Å². The van der Waals surface area contributed by atoms with Crippen LogP contribution in [0.4, 0.5) is 5.69 Å². The number of nitrogens with zero attached hydrogens (tertiary/aromatic N) is 1. The smallest absolute Gasteiger partial charge is 0.293 e. The van der Waals surface area contributed by atoms with Gasteiger partial charge in [0.2, 0.25) is 0 Å². The van der Waals surface area contributed by atoms with Crippen molar-refractivity contribution in [3.63, 3.8) is 0 Å². The van der Waals surface area contributed by atoms with Crippen LogP contribution in [-0.4, -0.2) is 28.7 Å². The summed E-state index contributed by atoms with van der Waals surface area (Å²) in [6, 6.07) is 9.11. The largest absolute Gasteiger partial charge is 0.340 e. The Morgan fingerprint density at radius 1 is 1.23 bits per heavy atom. The van der Waals surface area contributed by atoms with Gasteiger partial charge in [-0.15, -0.1) is 6.42 Å². The van der Waals surface area contributed by atoms with E-state index in [1.54, 1.807) is 19.1 Å². The predicted molar refractivity (Wildman–Crippen MR) is 98.1 cm³/mol. The molecule has 2 aromatic rings. The molecule has 0 saturated heterocycles. The molecule has 1 aromatic heterocycles. The Morgan fingerprint density at radius 2 is 1.96 bits per heavy atom. The molecule has 0 saturated carbocycles. The number of terminal acetylenes is 1. The summed E-state index contributed by atoms with van der Waals surface area (Å²) in [7, 11) is 0. The van der Waals surface area contributed by atoms with E-state index in [0.29, 0.717) is 35.5 Å². The highest BCUT2D eigenvalue weighted by molar-refractivity contribution is 6.43. The summed E-state index contributed by atoms with van der Waals surface area (Å²) in [6.45, 7) is 2.33. The second-order valence-electron chi connectivity index (χ2n) is 6.09. The zero-order valence-corrected chi connectivity index (χ0v) is 14.5. The standard InChI is InChI=1S/C20H19N3O3/c1-3-11-21-20(26)18(24)16-13(2)17(23-12-7-10-15(16)23)19(25)22-14-8-5-4-6-9-14/h1,4-6,8-9H,7,10-12H2,2H3,(H,21,26)(H,22,25). The van der Waals surface area contributed by atoms with Crippen molar-refractivity contribution >= 4 is 23.3 Å². The Morgan fingerprint density at radius 3 is 2.65 bits per heavy atom. The summed E-state index contributed by atoms with van der Waals surface area (Å²) in [6.07, 6.45) is 6.60. The van der Waals surface area contributed by atoms with Crippen LogP contribution in [-0.2, 0) is 17.8 Å². The summed E-state index contributed by atoms with van der Waals surface area (Å²) < 4.78 is 1.84. The van der Waals surface area contributed by atoms with Crippen molar-refractivity contribution in [3.8, 4) is 12.3 Å². The Bertz CT molecular complexity index is 920. The molecule has 6 nitrogen and oxygen atoms in total. The van der Waals surface area contributed by atoms with Crippen molar-refractivity contribution in [1.82, 2.24) is 9.88 Å². The molecule has 0 bridgehead atoms. The number of para-hydroxylation sites is 1. The first-order chi connectivity index (χ1) is 12.5. The van der Waals surface area contributed by atoms with Gasteiger partial charge in [-0.1, -0.05) is 24.1 Å². The van der Waals surface area contributed by atoms with Crippen LogP contribution in [0.2, 0.25) is 0 Å². The fourth-order valence-corrected chi connectivity index (χ4v) is 3.35. The number of amides is 2. The van der Waals surface area contributed by atoms with Crippen LogP contribution >= 0.6 is 0 Å². The quantitative estimate of drug-likeness (QED) is 0.492. The van der Waals surface area contributed by atoms with E-state index in [2.05, 4.69) is 16.6 Å². The van der Waals surface area contributed by atoms with Crippen LogP contribution in [0.3, 0.4) is 0 Å². The molecule has 0 atom stereocenters. The Hall–Kier alpha value is -3.33. The number of fused-ring (bicyclic) bond motifs is 1. The third-order valence-electron chi connectivity index (χ3n) is 4.44. The molecule has 0 unspecified atom stereocenters. The normalized spacial score (nSPS) is 12.2. The first-order valence-corrected chi connectivity index (χ1v) is 8.39. The Balaban J connectivity index is 1.95. The van der Waals surface area contributed by atoms with Gasteiger partial charge in [0, 0.05) is 17.9 Å². The summed E-state index contributed by atoms with van der Waals surface area (Å²) in [4.78, 5) is 37.5. The van der Waals surface area contributed by atoms with Crippen LogP contribution in [0.1, 0.15) is 38.5 Å². The summed E-state index contributed by atoms with van der Waals surface area (Å²) in [5, 5.41) is 5.24. The first-order valence-electron chi connectivity index (χ1n) is 8.39. The van der Waals surface area contributed by atoms with Crippen LogP contribution < -0.4 is 10.6 Å². The highest BCUT2D eigenvalue weighted by Gasteiger charge is 2.32. The van der Waals surface area contributed by atoms with Crippen molar-refractivity contribution in [1.29, 1.82) is 0 Å². The number of hydrogen-bond donors (Lipinski definition) is 2. The molecule has 6 heteroatoms. The average Bonchev–Trinajstić information content (AvgIpc) is 3.19. The zero-order chi connectivity index (χ0) is 18.7. The topological polar surface area (TPSA) is 80.2 Å². The highest BCUT2D eigenvalue weighted by atomic mass is 16.2. The number of carbonyl (C=O) groups excluding carboxylic acids is 3. The molecule has 2 amide bonds. The molecule has 1 aliphatic heterocycles. The van der Waals surface area contributed by atoms with E-state index in [0.717, 1.165) is 12.1 Å². The lowest BCUT2D eigenvalue weighted by atomic mass is 10.0. The summed E-state index contributed by atoms with van der Waals surface area (Å²) in [5.41, 5.74) is 2.67. The number of carbonyl (C=O) groups is 3. The van der Waals surface area contributed by atoms with Crippen LogP contribution in [0.5, 0.6) is 0 Å². The number of nitrogens with one attached hydrogen (secondary N) is 2. The van der Waals surface area contributed by atoms with E-state index in [1.165, 1.54) is 0 Å². The SMILES string of the molecule is C#CCNC(=O)C(=O)c1c(C)c(C(=O)Nc2ccccc2)n2c1CCC2. The molecule has 2 N–H and O–H groups in total. The van der Waals surface area contributed by atoms with Gasteiger partial charge in [-0.05, 0) is 37.5 Å². The van der Waals surface area contributed by atoms with Gasteiger partial charge in [-0.2, -0.15) is 0 Å². The van der Waals surface area contributed by atoms with Crippen molar-refractivity contribution < 1.29 is 14.4 Å². The lowest BCUT2D eigenvalue weighted by Gasteiger charge is -2.09. The molecule has 1 aromatic carbocycles. The van der Waals surface area contributed by atoms with Gasteiger partial charge in [0.1, 0.15) is 5.69 Å². The fourth-order valence-electron chi connectivity index (χ4n) is 3.35. The van der Waals surface area contributed by atoms with E-state index in [4.69, 9.17) is 6.42 Å². The molecule has 0 spiro atoms. The average molecular weight is 349 g/mol. The molecule has 26 heavy (non-hydrogen) atoms. The molecule has 0 radical (unpaired) electrons. The van der Waals surface area contributed by atoms with Gasteiger partial charge >= 0.3 is 0 Å². The van der Waals surface area contributed by atoms with Gasteiger partial charge in [-0.25, -0.2) is 0 Å². The van der Waals surface area contributed by atoms with Crippen molar-refractivity contribution in [3.05, 3.63) is 52.8 Å². The summed E-state index contributed by atoms with van der Waals surface area (Å²) >= 11 is 0. The minimum Gasteiger partial charge on any atom is -0.340 e. The minimum atomic E-state index is -0.749. The van der Waals surface area contributed by atoms with Crippen LogP contribution in [0, 0.1) is 19.3 Å². The first kappa shape index (κ1) is 17.5. The highest BCUT2D eigenvalue weighted by Crippen LogP contribution is 2.30. The lowest BCUT2D eigenvalue weighted by Crippen LogP contribution is -2.32. The zero-order valence-electron chi connectivity index (χ0n) is 14.5.